The summed E-state index contributed by atoms with van der Waals surface area (Å²) in [7, 11) is 0. The second-order valence-corrected chi connectivity index (χ2v) is 4.48. The molecule has 2 nitrogen and oxygen atoms in total. The van der Waals surface area contributed by atoms with Crippen LogP contribution in [0.3, 0.4) is 0 Å². The van der Waals surface area contributed by atoms with Gasteiger partial charge in [-0.2, -0.15) is 22.0 Å². The summed E-state index contributed by atoms with van der Waals surface area (Å²) in [6, 6.07) is 3.88. The zero-order valence-electron chi connectivity index (χ0n) is 9.42. The Bertz CT molecular complexity index is 509. The van der Waals surface area contributed by atoms with Gasteiger partial charge in [-0.05, 0) is 24.0 Å². The summed E-state index contributed by atoms with van der Waals surface area (Å²) in [5.74, 6) is -7.19. The topological polar surface area (TPSA) is 37.3 Å². The van der Waals surface area contributed by atoms with E-state index in [-0.39, 0.29) is 12.0 Å². The number of hydrogen-bond acceptors (Lipinski definition) is 1. The Kier molecular flexibility index (Phi) is 3.03. The zero-order valence-corrected chi connectivity index (χ0v) is 9.42. The molecule has 1 aliphatic carbocycles. The third-order valence-corrected chi connectivity index (χ3v) is 3.14. The molecule has 1 aliphatic rings. The van der Waals surface area contributed by atoms with Crippen LogP contribution in [0.2, 0.25) is 0 Å². The molecule has 1 fully saturated rings. The molecule has 0 aromatic heterocycles. The van der Waals surface area contributed by atoms with Gasteiger partial charge in [0.1, 0.15) is 0 Å². The van der Waals surface area contributed by atoms with Gasteiger partial charge in [0.05, 0.1) is 5.92 Å². The van der Waals surface area contributed by atoms with Crippen LogP contribution < -0.4 is 0 Å². The second kappa shape index (κ2) is 4.18. The third kappa shape index (κ3) is 2.41. The van der Waals surface area contributed by atoms with Crippen LogP contribution in [0.15, 0.2) is 24.3 Å². The SMILES string of the molecule is O=C(O)C1CC1c1cccc(C(F)(F)C(F)(F)F)c1. The van der Waals surface area contributed by atoms with E-state index in [0.717, 1.165) is 12.1 Å². The molecule has 0 bridgehead atoms. The first kappa shape index (κ1) is 13.8. The Balaban J connectivity index is 2.29. The van der Waals surface area contributed by atoms with Crippen molar-refractivity contribution < 1.29 is 31.9 Å². The molecule has 0 spiro atoms. The highest BCUT2D eigenvalue weighted by Gasteiger charge is 2.59. The summed E-state index contributed by atoms with van der Waals surface area (Å²) < 4.78 is 63.0. The summed E-state index contributed by atoms with van der Waals surface area (Å²) in [6.45, 7) is 0. The molecule has 1 saturated carbocycles. The molecule has 2 unspecified atom stereocenters. The van der Waals surface area contributed by atoms with E-state index in [1.165, 1.54) is 6.07 Å². The number of aliphatic carboxylic acids is 1. The maximum atomic E-state index is 13.1. The number of rotatable bonds is 3. The number of carboxylic acid groups (broad SMARTS) is 1. The van der Waals surface area contributed by atoms with Crippen molar-refractivity contribution in [1.29, 1.82) is 0 Å². The lowest BCUT2D eigenvalue weighted by atomic mass is 10.0. The van der Waals surface area contributed by atoms with Crippen LogP contribution >= 0.6 is 0 Å². The van der Waals surface area contributed by atoms with Gasteiger partial charge in [-0.25, -0.2) is 0 Å². The van der Waals surface area contributed by atoms with Crippen molar-refractivity contribution in [3.8, 4) is 0 Å². The molecule has 19 heavy (non-hydrogen) atoms. The van der Waals surface area contributed by atoms with Crippen molar-refractivity contribution >= 4 is 5.97 Å². The molecular formula is C12H9F5O2. The monoisotopic (exact) mass is 280 g/mol. The molecule has 0 aliphatic heterocycles. The molecular weight excluding hydrogens is 271 g/mol. The van der Waals surface area contributed by atoms with Crippen LogP contribution in [0.25, 0.3) is 0 Å². The van der Waals surface area contributed by atoms with Crippen molar-refractivity contribution in [3.63, 3.8) is 0 Å². The van der Waals surface area contributed by atoms with E-state index in [0.29, 0.717) is 6.07 Å². The first-order valence-corrected chi connectivity index (χ1v) is 5.42. The van der Waals surface area contributed by atoms with Gasteiger partial charge < -0.3 is 5.11 Å². The molecule has 0 saturated heterocycles. The summed E-state index contributed by atoms with van der Waals surface area (Å²) in [5, 5.41) is 8.72. The van der Waals surface area contributed by atoms with Crippen molar-refractivity contribution in [2.24, 2.45) is 5.92 Å². The Labute approximate surface area is 104 Å². The summed E-state index contributed by atoms with van der Waals surface area (Å²) in [4.78, 5) is 10.7. The van der Waals surface area contributed by atoms with Gasteiger partial charge in [0.2, 0.25) is 0 Å². The first-order valence-electron chi connectivity index (χ1n) is 5.42. The standard InChI is InChI=1S/C12H9F5O2/c13-11(14,12(15,16)17)7-3-1-2-6(4-7)8-5-9(8)10(18)19/h1-4,8-9H,5H2,(H,18,19). The molecule has 0 amide bonds. The average Bonchev–Trinajstić information content (AvgIpc) is 3.07. The Morgan fingerprint density at radius 1 is 1.21 bits per heavy atom. The second-order valence-electron chi connectivity index (χ2n) is 4.48. The van der Waals surface area contributed by atoms with Gasteiger partial charge in [0.25, 0.3) is 0 Å². The zero-order chi connectivity index (χ0) is 14.4. The average molecular weight is 280 g/mol. The van der Waals surface area contributed by atoms with E-state index in [4.69, 9.17) is 5.11 Å². The van der Waals surface area contributed by atoms with E-state index < -0.39 is 35.5 Å². The van der Waals surface area contributed by atoms with E-state index >= 15 is 0 Å². The number of carboxylic acids is 1. The Hall–Kier alpha value is -1.66. The molecule has 104 valence electrons. The van der Waals surface area contributed by atoms with Crippen LogP contribution in [-0.2, 0) is 10.7 Å². The lowest BCUT2D eigenvalue weighted by Gasteiger charge is -2.20. The molecule has 1 aromatic rings. The minimum atomic E-state index is -5.67. The fraction of sp³-hybridized carbons (Fsp3) is 0.417. The largest absolute Gasteiger partial charge is 0.481 e. The number of benzene rings is 1. The van der Waals surface area contributed by atoms with Gasteiger partial charge in [0, 0.05) is 5.56 Å². The van der Waals surface area contributed by atoms with Gasteiger partial charge in [-0.1, -0.05) is 18.2 Å². The molecule has 2 atom stereocenters. The van der Waals surface area contributed by atoms with Gasteiger partial charge >= 0.3 is 18.1 Å². The molecule has 0 heterocycles. The fourth-order valence-electron chi connectivity index (χ4n) is 1.96. The quantitative estimate of drug-likeness (QED) is 0.860. The van der Waals surface area contributed by atoms with Gasteiger partial charge in [-0.15, -0.1) is 0 Å². The maximum Gasteiger partial charge on any atom is 0.458 e. The van der Waals surface area contributed by atoms with E-state index in [2.05, 4.69) is 0 Å². The molecule has 0 radical (unpaired) electrons. The summed E-state index contributed by atoms with van der Waals surface area (Å²) in [6.07, 6.45) is -5.41. The highest BCUT2D eigenvalue weighted by molar-refractivity contribution is 5.75. The normalized spacial score (nSPS) is 23.2. The third-order valence-electron chi connectivity index (χ3n) is 3.14. The predicted molar refractivity (Wildman–Crippen MR) is 54.9 cm³/mol. The lowest BCUT2D eigenvalue weighted by molar-refractivity contribution is -0.289. The molecule has 1 N–H and O–H groups in total. The van der Waals surface area contributed by atoms with E-state index in [9.17, 15) is 26.7 Å². The lowest BCUT2D eigenvalue weighted by Crippen LogP contribution is -2.33. The van der Waals surface area contributed by atoms with Crippen molar-refractivity contribution in [2.45, 2.75) is 24.4 Å². The summed E-state index contributed by atoms with van der Waals surface area (Å²) in [5.41, 5.74) is -0.956. The summed E-state index contributed by atoms with van der Waals surface area (Å²) >= 11 is 0. The number of halogens is 5. The number of hydrogen-bond donors (Lipinski definition) is 1. The number of carbonyl (C=O) groups is 1. The van der Waals surface area contributed by atoms with Crippen LogP contribution in [0.4, 0.5) is 22.0 Å². The van der Waals surface area contributed by atoms with Crippen LogP contribution in [-0.4, -0.2) is 17.3 Å². The maximum absolute atomic E-state index is 13.1. The Morgan fingerprint density at radius 3 is 2.32 bits per heavy atom. The van der Waals surface area contributed by atoms with Crippen LogP contribution in [0, 0.1) is 5.92 Å². The van der Waals surface area contributed by atoms with E-state index in [1.54, 1.807) is 0 Å². The van der Waals surface area contributed by atoms with Crippen molar-refractivity contribution in [2.75, 3.05) is 0 Å². The highest BCUT2D eigenvalue weighted by atomic mass is 19.4. The predicted octanol–water partition coefficient (Wildman–Crippen LogP) is 3.53. The highest BCUT2D eigenvalue weighted by Crippen LogP contribution is 2.49. The smallest absolute Gasteiger partial charge is 0.458 e. The molecule has 1 aromatic carbocycles. The van der Waals surface area contributed by atoms with E-state index in [1.807, 2.05) is 0 Å². The molecule has 2 rings (SSSR count). The first-order chi connectivity index (χ1) is 8.64. The minimum Gasteiger partial charge on any atom is -0.481 e. The van der Waals surface area contributed by atoms with Crippen LogP contribution in [0.5, 0.6) is 0 Å². The van der Waals surface area contributed by atoms with Gasteiger partial charge in [0.15, 0.2) is 0 Å². The van der Waals surface area contributed by atoms with Crippen molar-refractivity contribution in [1.82, 2.24) is 0 Å². The van der Waals surface area contributed by atoms with Gasteiger partial charge in [-0.3, -0.25) is 4.79 Å². The van der Waals surface area contributed by atoms with Crippen molar-refractivity contribution in [3.05, 3.63) is 35.4 Å². The Morgan fingerprint density at radius 2 is 1.84 bits per heavy atom. The van der Waals surface area contributed by atoms with Crippen LogP contribution in [0.1, 0.15) is 23.5 Å². The minimum absolute atomic E-state index is 0.203. The fourth-order valence-corrected chi connectivity index (χ4v) is 1.96. The number of alkyl halides is 5. The molecule has 7 heteroatoms.